The van der Waals surface area contributed by atoms with Crippen LogP contribution in [-0.4, -0.2) is 9.38 Å². The van der Waals surface area contributed by atoms with E-state index in [0.29, 0.717) is 22.4 Å². The molecule has 1 aromatic carbocycles. The summed E-state index contributed by atoms with van der Waals surface area (Å²) in [5.41, 5.74) is 1.61. The molecule has 0 saturated heterocycles. The first-order chi connectivity index (χ1) is 9.67. The molecule has 0 amide bonds. The molecule has 0 radical (unpaired) electrons. The molecule has 3 nitrogen and oxygen atoms in total. The minimum atomic E-state index is 0.286. The Morgan fingerprint density at radius 2 is 2.15 bits per heavy atom. The van der Waals surface area contributed by atoms with Crippen LogP contribution in [0.2, 0.25) is 10.0 Å². The molecule has 0 atom stereocenters. The summed E-state index contributed by atoms with van der Waals surface area (Å²) < 4.78 is 7.71. The summed E-state index contributed by atoms with van der Waals surface area (Å²) in [6, 6.07) is 3.39. The van der Waals surface area contributed by atoms with E-state index >= 15 is 0 Å². The Balaban J connectivity index is 1.82. The van der Waals surface area contributed by atoms with Crippen LogP contribution in [-0.2, 0) is 12.5 Å². The van der Waals surface area contributed by atoms with Crippen molar-refractivity contribution in [3.05, 3.63) is 51.2 Å². The Labute approximate surface area is 134 Å². The highest BCUT2D eigenvalue weighted by molar-refractivity contribution is 7.15. The van der Waals surface area contributed by atoms with E-state index in [-0.39, 0.29) is 5.88 Å². The van der Waals surface area contributed by atoms with Crippen LogP contribution in [0.4, 0.5) is 0 Å². The lowest BCUT2D eigenvalue weighted by atomic mass is 10.2. The van der Waals surface area contributed by atoms with Gasteiger partial charge in [-0.15, -0.1) is 22.9 Å². The molecule has 0 unspecified atom stereocenters. The molecule has 0 aliphatic carbocycles. The number of fused-ring (bicyclic) bond motifs is 1. The molecule has 0 bridgehead atoms. The number of hydrogen-bond donors (Lipinski definition) is 0. The van der Waals surface area contributed by atoms with Crippen LogP contribution in [0.1, 0.15) is 11.3 Å². The van der Waals surface area contributed by atoms with E-state index in [2.05, 4.69) is 4.98 Å². The predicted octanol–water partition coefficient (Wildman–Crippen LogP) is 5.02. The van der Waals surface area contributed by atoms with Gasteiger partial charge in [0.1, 0.15) is 12.4 Å². The lowest BCUT2D eigenvalue weighted by Crippen LogP contribution is -1.99. The van der Waals surface area contributed by atoms with Gasteiger partial charge in [0.25, 0.3) is 0 Å². The van der Waals surface area contributed by atoms with Crippen molar-refractivity contribution >= 4 is 51.1 Å². The first-order valence-electron chi connectivity index (χ1n) is 5.75. The normalized spacial score (nSPS) is 11.2. The third-order valence-corrected chi connectivity index (χ3v) is 4.29. The second-order valence-corrected chi connectivity index (χ2v) is 6.11. The Bertz CT molecular complexity index is 725. The molecule has 0 saturated carbocycles. The molecule has 3 aromatic rings. The van der Waals surface area contributed by atoms with Crippen molar-refractivity contribution in [2.24, 2.45) is 0 Å². The smallest absolute Gasteiger partial charge is 0.193 e. The third-order valence-electron chi connectivity index (χ3n) is 2.74. The van der Waals surface area contributed by atoms with Gasteiger partial charge in [0.15, 0.2) is 4.96 Å². The van der Waals surface area contributed by atoms with Crippen molar-refractivity contribution in [2.45, 2.75) is 12.5 Å². The molecule has 104 valence electrons. The van der Waals surface area contributed by atoms with Crippen LogP contribution in [0.15, 0.2) is 29.9 Å². The number of nitrogens with zero attached hydrogens (tertiary/aromatic N) is 2. The number of rotatable bonds is 4. The SMILES string of the molecule is ClCc1cc(Cl)cc(Cl)c1OCc1cn2ccsc2n1. The Morgan fingerprint density at radius 1 is 1.30 bits per heavy atom. The maximum absolute atomic E-state index is 6.15. The number of thiazole rings is 1. The van der Waals surface area contributed by atoms with Crippen molar-refractivity contribution in [3.8, 4) is 5.75 Å². The lowest BCUT2D eigenvalue weighted by molar-refractivity contribution is 0.300. The molecule has 3 rings (SSSR count). The van der Waals surface area contributed by atoms with E-state index in [1.165, 1.54) is 0 Å². The number of benzene rings is 1. The van der Waals surface area contributed by atoms with Crippen LogP contribution >= 0.6 is 46.1 Å². The van der Waals surface area contributed by atoms with Gasteiger partial charge in [-0.1, -0.05) is 23.2 Å². The number of hydrogen-bond acceptors (Lipinski definition) is 3. The molecule has 20 heavy (non-hydrogen) atoms. The van der Waals surface area contributed by atoms with E-state index in [1.807, 2.05) is 22.2 Å². The Morgan fingerprint density at radius 3 is 2.90 bits per heavy atom. The average Bonchev–Trinajstić information content (AvgIpc) is 2.97. The highest BCUT2D eigenvalue weighted by Crippen LogP contribution is 2.34. The predicted molar refractivity (Wildman–Crippen MR) is 83.4 cm³/mol. The van der Waals surface area contributed by atoms with Gasteiger partial charge in [-0.3, -0.25) is 4.40 Å². The molecular formula is C13H9Cl3N2OS. The lowest BCUT2D eigenvalue weighted by Gasteiger charge is -2.11. The minimum absolute atomic E-state index is 0.286. The fraction of sp³-hybridized carbons (Fsp3) is 0.154. The summed E-state index contributed by atoms with van der Waals surface area (Å²) in [6.07, 6.45) is 3.88. The van der Waals surface area contributed by atoms with Crippen molar-refractivity contribution in [3.63, 3.8) is 0 Å². The van der Waals surface area contributed by atoms with E-state index in [4.69, 9.17) is 39.5 Å². The van der Waals surface area contributed by atoms with Crippen LogP contribution in [0.25, 0.3) is 4.96 Å². The number of aromatic nitrogens is 2. The molecule has 0 N–H and O–H groups in total. The van der Waals surface area contributed by atoms with Crippen LogP contribution in [0.5, 0.6) is 5.75 Å². The summed E-state index contributed by atoms with van der Waals surface area (Å²) >= 11 is 19.6. The maximum Gasteiger partial charge on any atom is 0.193 e. The summed E-state index contributed by atoms with van der Waals surface area (Å²) in [5.74, 6) is 0.843. The number of halogens is 3. The van der Waals surface area contributed by atoms with Crippen LogP contribution in [0.3, 0.4) is 0 Å². The van der Waals surface area contributed by atoms with Crippen molar-refractivity contribution < 1.29 is 4.74 Å². The van der Waals surface area contributed by atoms with E-state index in [0.717, 1.165) is 16.2 Å². The number of ether oxygens (including phenoxy) is 1. The molecule has 7 heteroatoms. The first kappa shape index (κ1) is 14.0. The van der Waals surface area contributed by atoms with Crippen LogP contribution < -0.4 is 4.74 Å². The molecule has 2 heterocycles. The van der Waals surface area contributed by atoms with Gasteiger partial charge in [-0.05, 0) is 12.1 Å². The largest absolute Gasteiger partial charge is 0.485 e. The molecule has 0 aliphatic heterocycles. The van der Waals surface area contributed by atoms with Gasteiger partial charge in [0, 0.05) is 28.4 Å². The zero-order chi connectivity index (χ0) is 14.1. The van der Waals surface area contributed by atoms with Gasteiger partial charge in [-0.2, -0.15) is 0 Å². The number of alkyl halides is 1. The topological polar surface area (TPSA) is 26.5 Å². The standard InChI is InChI=1S/C13H9Cl3N2OS/c14-5-8-3-9(15)4-11(16)12(8)19-7-10-6-18-1-2-20-13(18)17-10/h1-4,6H,5,7H2. The maximum atomic E-state index is 6.15. The summed E-state index contributed by atoms with van der Waals surface area (Å²) in [4.78, 5) is 5.38. The zero-order valence-electron chi connectivity index (χ0n) is 10.1. The van der Waals surface area contributed by atoms with Crippen LogP contribution in [0, 0.1) is 0 Å². The highest BCUT2D eigenvalue weighted by atomic mass is 35.5. The average molecular weight is 348 g/mol. The van der Waals surface area contributed by atoms with Crippen molar-refractivity contribution in [1.82, 2.24) is 9.38 Å². The van der Waals surface area contributed by atoms with Crippen molar-refractivity contribution in [1.29, 1.82) is 0 Å². The fourth-order valence-electron chi connectivity index (χ4n) is 1.87. The quantitative estimate of drug-likeness (QED) is 0.619. The molecule has 0 fully saturated rings. The van der Waals surface area contributed by atoms with Gasteiger partial charge < -0.3 is 4.74 Å². The summed E-state index contributed by atoms with van der Waals surface area (Å²) in [7, 11) is 0. The third kappa shape index (κ3) is 2.74. The van der Waals surface area contributed by atoms with E-state index in [9.17, 15) is 0 Å². The Hall–Kier alpha value is -0.940. The fourth-order valence-corrected chi connectivity index (χ4v) is 3.37. The zero-order valence-corrected chi connectivity index (χ0v) is 13.2. The first-order valence-corrected chi connectivity index (χ1v) is 7.92. The molecule has 0 spiro atoms. The van der Waals surface area contributed by atoms with E-state index in [1.54, 1.807) is 23.5 Å². The molecule has 0 aliphatic rings. The molecular weight excluding hydrogens is 339 g/mol. The minimum Gasteiger partial charge on any atom is -0.485 e. The second kappa shape index (κ2) is 5.82. The van der Waals surface area contributed by atoms with Gasteiger partial charge in [0.05, 0.1) is 16.6 Å². The Kier molecular flexibility index (Phi) is 4.08. The number of imidazole rings is 1. The summed E-state index contributed by atoms with van der Waals surface area (Å²) in [5, 5.41) is 2.98. The van der Waals surface area contributed by atoms with Gasteiger partial charge in [0.2, 0.25) is 0 Å². The summed E-state index contributed by atoms with van der Waals surface area (Å²) in [6.45, 7) is 0.333. The van der Waals surface area contributed by atoms with E-state index < -0.39 is 0 Å². The highest BCUT2D eigenvalue weighted by Gasteiger charge is 2.11. The second-order valence-electron chi connectivity index (χ2n) is 4.12. The van der Waals surface area contributed by atoms with Crippen molar-refractivity contribution in [2.75, 3.05) is 0 Å². The van der Waals surface area contributed by atoms with Gasteiger partial charge in [-0.25, -0.2) is 4.98 Å². The molecule has 2 aromatic heterocycles. The van der Waals surface area contributed by atoms with Gasteiger partial charge >= 0.3 is 0 Å². The monoisotopic (exact) mass is 346 g/mol.